The second kappa shape index (κ2) is 4.56. The molecule has 86 valence electrons. The van der Waals surface area contributed by atoms with Crippen LogP contribution in [0.3, 0.4) is 0 Å². The first kappa shape index (κ1) is 11.9. The zero-order valence-corrected chi connectivity index (χ0v) is 8.12. The Kier molecular flexibility index (Phi) is 3.39. The molecule has 1 aliphatic carbocycles. The predicted molar refractivity (Wildman–Crippen MR) is 51.2 cm³/mol. The van der Waals surface area contributed by atoms with Gasteiger partial charge in [-0.1, -0.05) is 6.08 Å². The van der Waals surface area contributed by atoms with E-state index in [1.807, 2.05) is 0 Å². The molecule has 0 aromatic heterocycles. The van der Waals surface area contributed by atoms with Crippen LogP contribution in [0.25, 0.3) is 0 Å². The minimum atomic E-state index is -1.42. The minimum absolute atomic E-state index is 0.0230. The average molecular weight is 227 g/mol. The van der Waals surface area contributed by atoms with E-state index in [1.54, 1.807) is 0 Å². The SMILES string of the molecule is O=C(O)C1=CC[C@H](C(=O)O)CC=C1[N+](=O)[O-]. The number of carboxylic acid groups (broad SMARTS) is 2. The summed E-state index contributed by atoms with van der Waals surface area (Å²) < 4.78 is 0. The van der Waals surface area contributed by atoms with Crippen molar-refractivity contribution in [3.05, 3.63) is 33.5 Å². The van der Waals surface area contributed by atoms with Gasteiger partial charge in [0.25, 0.3) is 5.70 Å². The second-order valence-corrected chi connectivity index (χ2v) is 3.28. The number of carbonyl (C=O) groups is 2. The van der Waals surface area contributed by atoms with Crippen LogP contribution in [0.15, 0.2) is 23.4 Å². The van der Waals surface area contributed by atoms with Gasteiger partial charge in [0.2, 0.25) is 0 Å². The molecule has 0 fully saturated rings. The normalized spacial score (nSPS) is 20.4. The first-order valence-electron chi connectivity index (χ1n) is 4.44. The third kappa shape index (κ3) is 2.44. The zero-order valence-electron chi connectivity index (χ0n) is 8.12. The number of aliphatic carboxylic acids is 2. The molecule has 16 heavy (non-hydrogen) atoms. The molecule has 7 heteroatoms. The molecule has 2 N–H and O–H groups in total. The highest BCUT2D eigenvalue weighted by atomic mass is 16.6. The number of rotatable bonds is 3. The van der Waals surface area contributed by atoms with Gasteiger partial charge in [-0.25, -0.2) is 4.79 Å². The van der Waals surface area contributed by atoms with Gasteiger partial charge in [0, 0.05) is 0 Å². The molecule has 1 aliphatic rings. The Hall–Kier alpha value is -2.18. The fraction of sp³-hybridized carbons (Fsp3) is 0.333. The maximum atomic E-state index is 10.7. The molecule has 0 unspecified atom stereocenters. The lowest BCUT2D eigenvalue weighted by Crippen LogP contribution is -2.11. The van der Waals surface area contributed by atoms with Crippen LogP contribution in [0.2, 0.25) is 0 Å². The molecule has 0 saturated heterocycles. The topological polar surface area (TPSA) is 118 Å². The molecule has 0 aliphatic heterocycles. The van der Waals surface area contributed by atoms with Gasteiger partial charge in [-0.05, 0) is 18.9 Å². The Morgan fingerprint density at radius 1 is 1.31 bits per heavy atom. The number of hydrogen-bond donors (Lipinski definition) is 2. The number of hydrogen-bond acceptors (Lipinski definition) is 4. The van der Waals surface area contributed by atoms with Gasteiger partial charge in [0.1, 0.15) is 5.57 Å². The summed E-state index contributed by atoms with van der Waals surface area (Å²) in [6, 6.07) is 0. The summed E-state index contributed by atoms with van der Waals surface area (Å²) in [5.41, 5.74) is -0.995. The van der Waals surface area contributed by atoms with Crippen LogP contribution < -0.4 is 0 Å². The van der Waals surface area contributed by atoms with Gasteiger partial charge in [-0.2, -0.15) is 0 Å². The molecule has 1 rings (SSSR count). The van der Waals surface area contributed by atoms with Crippen molar-refractivity contribution in [1.82, 2.24) is 0 Å². The Balaban J connectivity index is 3.09. The van der Waals surface area contributed by atoms with Crippen LogP contribution in [-0.4, -0.2) is 27.1 Å². The number of nitro groups is 1. The van der Waals surface area contributed by atoms with E-state index < -0.39 is 34.0 Å². The van der Waals surface area contributed by atoms with Gasteiger partial charge in [0.15, 0.2) is 0 Å². The van der Waals surface area contributed by atoms with Gasteiger partial charge in [0.05, 0.1) is 10.8 Å². The molecule has 0 heterocycles. The Morgan fingerprint density at radius 3 is 2.31 bits per heavy atom. The molecular formula is C9H9NO6. The van der Waals surface area contributed by atoms with E-state index >= 15 is 0 Å². The first-order valence-corrected chi connectivity index (χ1v) is 4.44. The fourth-order valence-corrected chi connectivity index (χ4v) is 1.40. The molecule has 0 aromatic carbocycles. The van der Waals surface area contributed by atoms with Gasteiger partial charge in [-0.3, -0.25) is 14.9 Å². The highest BCUT2D eigenvalue weighted by Gasteiger charge is 2.28. The Bertz CT molecular complexity index is 376. The van der Waals surface area contributed by atoms with Crippen molar-refractivity contribution in [3.8, 4) is 0 Å². The van der Waals surface area contributed by atoms with Crippen molar-refractivity contribution in [2.45, 2.75) is 12.8 Å². The largest absolute Gasteiger partial charge is 0.481 e. The number of allylic oxidation sites excluding steroid dienone is 2. The summed E-state index contributed by atoms with van der Waals surface area (Å²) >= 11 is 0. The molecule has 0 amide bonds. The molecule has 0 spiro atoms. The maximum Gasteiger partial charge on any atom is 0.342 e. The molecule has 0 aromatic rings. The monoisotopic (exact) mass is 227 g/mol. The van der Waals surface area contributed by atoms with Crippen molar-refractivity contribution < 1.29 is 24.7 Å². The summed E-state index contributed by atoms with van der Waals surface area (Å²) in [6.07, 6.45) is 2.07. The standard InChI is InChI=1S/C9H9NO6/c11-8(12)5-1-3-6(9(13)14)7(4-2-5)10(15)16/h3-5H,1-2H2,(H,11,12)(H,13,14)/t5-/m0/s1. The molecule has 0 saturated carbocycles. The van der Waals surface area contributed by atoms with Crippen LogP contribution in [0.5, 0.6) is 0 Å². The molecule has 1 atom stereocenters. The third-order valence-corrected chi connectivity index (χ3v) is 2.25. The van der Waals surface area contributed by atoms with Gasteiger partial charge in [-0.15, -0.1) is 0 Å². The van der Waals surface area contributed by atoms with E-state index in [1.165, 1.54) is 0 Å². The van der Waals surface area contributed by atoms with E-state index in [2.05, 4.69) is 0 Å². The molecule has 0 bridgehead atoms. The predicted octanol–water partition coefficient (Wildman–Crippen LogP) is 0.653. The molecule has 0 radical (unpaired) electrons. The molecular weight excluding hydrogens is 218 g/mol. The quantitative estimate of drug-likeness (QED) is 0.539. The van der Waals surface area contributed by atoms with E-state index in [0.29, 0.717) is 0 Å². The van der Waals surface area contributed by atoms with E-state index in [0.717, 1.165) is 12.2 Å². The average Bonchev–Trinajstić information content (AvgIpc) is 2.38. The van der Waals surface area contributed by atoms with Crippen LogP contribution in [0.1, 0.15) is 12.8 Å². The van der Waals surface area contributed by atoms with Crippen molar-refractivity contribution in [1.29, 1.82) is 0 Å². The zero-order chi connectivity index (χ0) is 12.3. The highest BCUT2D eigenvalue weighted by molar-refractivity contribution is 5.91. The van der Waals surface area contributed by atoms with E-state index in [-0.39, 0.29) is 12.8 Å². The smallest absolute Gasteiger partial charge is 0.342 e. The summed E-state index contributed by atoms with van der Waals surface area (Å²) in [6.45, 7) is 0. The maximum absolute atomic E-state index is 10.7. The number of nitrogens with zero attached hydrogens (tertiary/aromatic N) is 1. The second-order valence-electron chi connectivity index (χ2n) is 3.28. The highest BCUT2D eigenvalue weighted by Crippen LogP contribution is 2.23. The number of carboxylic acids is 2. The fourth-order valence-electron chi connectivity index (χ4n) is 1.40. The minimum Gasteiger partial charge on any atom is -0.481 e. The summed E-state index contributed by atoms with van der Waals surface area (Å²) in [5.74, 6) is -3.33. The van der Waals surface area contributed by atoms with Crippen LogP contribution in [-0.2, 0) is 9.59 Å². The first-order chi connectivity index (χ1) is 7.43. The van der Waals surface area contributed by atoms with E-state index in [4.69, 9.17) is 10.2 Å². The van der Waals surface area contributed by atoms with Crippen molar-refractivity contribution >= 4 is 11.9 Å². The van der Waals surface area contributed by atoms with Crippen molar-refractivity contribution in [2.24, 2.45) is 5.92 Å². The summed E-state index contributed by atoms with van der Waals surface area (Å²) in [4.78, 5) is 31.2. The van der Waals surface area contributed by atoms with E-state index in [9.17, 15) is 19.7 Å². The summed E-state index contributed by atoms with van der Waals surface area (Å²) in [7, 11) is 0. The lowest BCUT2D eigenvalue weighted by Gasteiger charge is -2.03. The lowest BCUT2D eigenvalue weighted by molar-refractivity contribution is -0.420. The van der Waals surface area contributed by atoms with Crippen LogP contribution in [0, 0.1) is 16.0 Å². The summed E-state index contributed by atoms with van der Waals surface area (Å²) in [5, 5.41) is 28.1. The Morgan fingerprint density at radius 2 is 1.88 bits per heavy atom. The van der Waals surface area contributed by atoms with Crippen LogP contribution >= 0.6 is 0 Å². The van der Waals surface area contributed by atoms with Gasteiger partial charge < -0.3 is 10.2 Å². The van der Waals surface area contributed by atoms with Crippen molar-refractivity contribution in [2.75, 3.05) is 0 Å². The van der Waals surface area contributed by atoms with Crippen LogP contribution in [0.4, 0.5) is 0 Å². The van der Waals surface area contributed by atoms with Crippen molar-refractivity contribution in [3.63, 3.8) is 0 Å². The third-order valence-electron chi connectivity index (χ3n) is 2.25. The molecule has 7 nitrogen and oxygen atoms in total. The Labute approximate surface area is 89.8 Å². The lowest BCUT2D eigenvalue weighted by atomic mass is 10.0. The van der Waals surface area contributed by atoms with Gasteiger partial charge >= 0.3 is 11.9 Å².